The number of hydrogen-bond acceptors (Lipinski definition) is 6. The molecular formula is C29H29ClF3N5O2. The summed E-state index contributed by atoms with van der Waals surface area (Å²) in [6.45, 7) is 0.279. The van der Waals surface area contributed by atoms with Crippen LogP contribution in [0.5, 0.6) is 0 Å². The number of aromatic nitrogens is 2. The van der Waals surface area contributed by atoms with Crippen molar-refractivity contribution in [1.82, 2.24) is 15.3 Å². The van der Waals surface area contributed by atoms with Crippen molar-refractivity contribution in [2.24, 2.45) is 5.92 Å². The first-order valence-electron chi connectivity index (χ1n) is 13.0. The third-order valence-electron chi connectivity index (χ3n) is 7.10. The minimum absolute atomic E-state index is 0.0472. The number of amides is 1. The molecule has 0 atom stereocenters. The molecule has 0 saturated heterocycles. The fraction of sp³-hybridized carbons (Fsp3) is 0.345. The van der Waals surface area contributed by atoms with Crippen molar-refractivity contribution in [3.63, 3.8) is 0 Å². The van der Waals surface area contributed by atoms with Gasteiger partial charge in [-0.15, -0.1) is 0 Å². The summed E-state index contributed by atoms with van der Waals surface area (Å²) in [5, 5.41) is 7.55. The number of hydrogen-bond donors (Lipinski definition) is 2. The van der Waals surface area contributed by atoms with Gasteiger partial charge in [-0.25, -0.2) is 4.98 Å². The van der Waals surface area contributed by atoms with Crippen LogP contribution in [0.1, 0.15) is 41.8 Å². The molecule has 0 radical (unpaired) electrons. The number of halogens is 4. The molecule has 0 spiro atoms. The minimum Gasteiger partial charge on any atom is -0.451 e. The summed E-state index contributed by atoms with van der Waals surface area (Å²) in [5.74, 6) is -0.619. The summed E-state index contributed by atoms with van der Waals surface area (Å²) in [7, 11) is 3.88. The number of rotatable bonds is 7. The van der Waals surface area contributed by atoms with E-state index in [-0.39, 0.29) is 24.3 Å². The van der Waals surface area contributed by atoms with Gasteiger partial charge in [0.05, 0.1) is 11.1 Å². The molecule has 1 saturated carbocycles. The molecule has 1 fully saturated rings. The van der Waals surface area contributed by atoms with Crippen LogP contribution in [0, 0.1) is 5.92 Å². The molecule has 1 amide bonds. The lowest BCUT2D eigenvalue weighted by Crippen LogP contribution is -2.34. The van der Waals surface area contributed by atoms with E-state index < -0.39 is 23.4 Å². The highest BCUT2D eigenvalue weighted by molar-refractivity contribution is 6.30. The molecule has 210 valence electrons. The van der Waals surface area contributed by atoms with E-state index in [2.05, 4.69) is 15.6 Å². The van der Waals surface area contributed by atoms with Crippen LogP contribution < -0.4 is 15.5 Å². The van der Waals surface area contributed by atoms with Crippen LogP contribution in [0.2, 0.25) is 5.02 Å². The quantitative estimate of drug-likeness (QED) is 0.248. The van der Waals surface area contributed by atoms with Crippen molar-refractivity contribution in [1.29, 1.82) is 0 Å². The van der Waals surface area contributed by atoms with Crippen molar-refractivity contribution < 1.29 is 22.4 Å². The molecule has 5 rings (SSSR count). The predicted molar refractivity (Wildman–Crippen MR) is 150 cm³/mol. The van der Waals surface area contributed by atoms with Gasteiger partial charge in [-0.1, -0.05) is 23.7 Å². The van der Waals surface area contributed by atoms with E-state index in [4.69, 9.17) is 21.0 Å². The Hall–Kier alpha value is -3.79. The van der Waals surface area contributed by atoms with E-state index in [0.29, 0.717) is 16.5 Å². The normalized spacial score (nSPS) is 17.6. The molecule has 2 aromatic carbocycles. The number of anilines is 2. The maximum Gasteiger partial charge on any atom is 0.450 e. The second-order valence-corrected chi connectivity index (χ2v) is 10.6. The monoisotopic (exact) mass is 571 g/mol. The molecule has 0 aliphatic heterocycles. The highest BCUT2D eigenvalue weighted by Gasteiger charge is 2.40. The van der Waals surface area contributed by atoms with Gasteiger partial charge in [-0.2, -0.15) is 18.2 Å². The Kier molecular flexibility index (Phi) is 7.89. The number of carbonyl (C=O) groups is 1. The van der Waals surface area contributed by atoms with Crippen LogP contribution in [-0.4, -0.2) is 42.6 Å². The summed E-state index contributed by atoms with van der Waals surface area (Å²) in [4.78, 5) is 24.2. The number of fused-ring (bicyclic) bond motifs is 1. The lowest BCUT2D eigenvalue weighted by Gasteiger charge is -2.29. The van der Waals surface area contributed by atoms with Crippen LogP contribution in [0.15, 0.2) is 59.0 Å². The number of nitrogens with one attached hydrogen (secondary N) is 2. The van der Waals surface area contributed by atoms with Crippen LogP contribution in [0.3, 0.4) is 0 Å². The summed E-state index contributed by atoms with van der Waals surface area (Å²) in [6.07, 6.45) is -1.54. The van der Waals surface area contributed by atoms with Crippen LogP contribution >= 0.6 is 11.6 Å². The summed E-state index contributed by atoms with van der Waals surface area (Å²) < 4.78 is 46.1. The molecule has 1 aliphatic carbocycles. The fourth-order valence-electron chi connectivity index (χ4n) is 5.02. The minimum atomic E-state index is -4.81. The Morgan fingerprint density at radius 1 is 1.05 bits per heavy atom. The molecule has 2 heterocycles. The average Bonchev–Trinajstić information content (AvgIpc) is 3.39. The lowest BCUT2D eigenvalue weighted by atomic mass is 9.86. The smallest absolute Gasteiger partial charge is 0.450 e. The molecule has 2 N–H and O–H groups in total. The van der Waals surface area contributed by atoms with E-state index in [9.17, 15) is 18.0 Å². The van der Waals surface area contributed by atoms with Gasteiger partial charge in [-0.05, 0) is 74.1 Å². The van der Waals surface area contributed by atoms with E-state index in [0.717, 1.165) is 48.5 Å². The Bertz CT molecular complexity index is 1500. The first-order valence-corrected chi connectivity index (χ1v) is 13.4. The van der Waals surface area contributed by atoms with Crippen LogP contribution in [-0.2, 0) is 6.18 Å². The van der Waals surface area contributed by atoms with Gasteiger partial charge in [-0.3, -0.25) is 4.79 Å². The zero-order chi connectivity index (χ0) is 28.4. The van der Waals surface area contributed by atoms with Gasteiger partial charge in [0.25, 0.3) is 5.91 Å². The second-order valence-electron chi connectivity index (χ2n) is 10.2. The van der Waals surface area contributed by atoms with Gasteiger partial charge < -0.3 is 20.0 Å². The van der Waals surface area contributed by atoms with Gasteiger partial charge in [0, 0.05) is 42.7 Å². The largest absolute Gasteiger partial charge is 0.451 e. The zero-order valence-corrected chi connectivity index (χ0v) is 22.8. The predicted octanol–water partition coefficient (Wildman–Crippen LogP) is 7.03. The number of para-hydroxylation sites is 1. The van der Waals surface area contributed by atoms with Gasteiger partial charge in [0.1, 0.15) is 11.6 Å². The Labute approximate surface area is 234 Å². The number of nitrogens with zero attached hydrogens (tertiary/aromatic N) is 3. The molecule has 0 bridgehead atoms. The maximum atomic E-state index is 13.7. The number of benzene rings is 2. The Morgan fingerprint density at radius 2 is 1.75 bits per heavy atom. The third kappa shape index (κ3) is 6.17. The van der Waals surface area contributed by atoms with Crippen molar-refractivity contribution in [3.05, 3.63) is 70.9 Å². The van der Waals surface area contributed by atoms with Crippen molar-refractivity contribution in [2.75, 3.05) is 30.9 Å². The summed E-state index contributed by atoms with van der Waals surface area (Å²) in [6, 6.07) is 15.3. The van der Waals surface area contributed by atoms with E-state index in [1.54, 1.807) is 24.3 Å². The highest BCUT2D eigenvalue weighted by Crippen LogP contribution is 2.37. The molecule has 11 heteroatoms. The van der Waals surface area contributed by atoms with Crippen LogP contribution in [0.25, 0.3) is 22.2 Å². The van der Waals surface area contributed by atoms with E-state index >= 15 is 0 Å². The molecule has 4 aromatic rings. The van der Waals surface area contributed by atoms with Crippen LogP contribution in [0.4, 0.5) is 24.9 Å². The molecule has 1 aliphatic rings. The van der Waals surface area contributed by atoms with E-state index in [1.807, 2.05) is 43.3 Å². The average molecular weight is 572 g/mol. The van der Waals surface area contributed by atoms with E-state index in [1.165, 1.54) is 0 Å². The van der Waals surface area contributed by atoms with Crippen molar-refractivity contribution in [2.45, 2.75) is 37.9 Å². The molecular weight excluding hydrogens is 543 g/mol. The lowest BCUT2D eigenvalue weighted by molar-refractivity contribution is -0.153. The number of carbonyl (C=O) groups excluding carboxylic acids is 1. The number of furan rings is 1. The van der Waals surface area contributed by atoms with Crippen molar-refractivity contribution in [3.8, 4) is 11.3 Å². The summed E-state index contributed by atoms with van der Waals surface area (Å²) >= 11 is 5.88. The first-order chi connectivity index (χ1) is 19.1. The fourth-order valence-corrected chi connectivity index (χ4v) is 5.14. The topological polar surface area (TPSA) is 83.3 Å². The number of alkyl halides is 3. The SMILES string of the molecule is CN(C)c1nc(NC2CCC(CNC(=O)c3cc(-c4ccc(Cl)cc4)oc3C(F)(F)F)CC2)nc2ccccc12. The molecule has 2 aromatic heterocycles. The summed E-state index contributed by atoms with van der Waals surface area (Å²) in [5.41, 5.74) is 0.725. The van der Waals surface area contributed by atoms with Gasteiger partial charge >= 0.3 is 6.18 Å². The molecule has 0 unspecified atom stereocenters. The molecule has 7 nitrogen and oxygen atoms in total. The highest BCUT2D eigenvalue weighted by atomic mass is 35.5. The Morgan fingerprint density at radius 3 is 2.42 bits per heavy atom. The third-order valence-corrected chi connectivity index (χ3v) is 7.35. The van der Waals surface area contributed by atoms with Gasteiger partial charge in [0.15, 0.2) is 0 Å². The van der Waals surface area contributed by atoms with Crippen molar-refractivity contribution >= 4 is 40.2 Å². The first kappa shape index (κ1) is 27.8. The molecule has 40 heavy (non-hydrogen) atoms. The maximum absolute atomic E-state index is 13.7. The zero-order valence-electron chi connectivity index (χ0n) is 22.1. The Balaban J connectivity index is 1.20. The van der Waals surface area contributed by atoms with Gasteiger partial charge in [0.2, 0.25) is 11.7 Å². The second kappa shape index (κ2) is 11.4. The standard InChI is InChI=1S/C29H29ClF3N5O2/c1-38(2)26-21-5-3-4-6-23(21)36-28(37-26)35-20-13-7-17(8-14-20)16-34-27(39)22-15-24(40-25(22)29(31,32)33)18-9-11-19(30)12-10-18/h3-6,9-12,15,17,20H,7-8,13-14,16H2,1-2H3,(H,34,39)(H,35,36,37).